The zero-order chi connectivity index (χ0) is 20.6. The second-order valence-corrected chi connectivity index (χ2v) is 9.71. The van der Waals surface area contributed by atoms with Gasteiger partial charge in [-0.1, -0.05) is 12.1 Å². The van der Waals surface area contributed by atoms with Crippen molar-refractivity contribution in [3.63, 3.8) is 0 Å². The molecule has 29 heavy (non-hydrogen) atoms. The maximum atomic E-state index is 12.1. The van der Waals surface area contributed by atoms with E-state index in [0.29, 0.717) is 13.0 Å². The average Bonchev–Trinajstić information content (AvgIpc) is 3.04. The molecular weight excluding hydrogens is 390 g/mol. The minimum atomic E-state index is -3.30. The van der Waals surface area contributed by atoms with E-state index in [9.17, 15) is 13.5 Å². The molecule has 156 valence electrons. The van der Waals surface area contributed by atoms with Crippen molar-refractivity contribution in [1.29, 1.82) is 0 Å². The van der Waals surface area contributed by atoms with Crippen LogP contribution in [0.25, 0.3) is 0 Å². The summed E-state index contributed by atoms with van der Waals surface area (Å²) in [5.74, 6) is 0.746. The Labute approximate surface area is 171 Å². The molecule has 2 atom stereocenters. The molecule has 3 heterocycles. The number of hydrogen-bond acceptors (Lipinski definition) is 7. The fourth-order valence-electron chi connectivity index (χ4n) is 4.27. The highest BCUT2D eigenvalue weighted by atomic mass is 32.2. The molecule has 9 heteroatoms. The summed E-state index contributed by atoms with van der Waals surface area (Å²) in [6.07, 6.45) is 4.79. The van der Waals surface area contributed by atoms with Crippen molar-refractivity contribution in [3.8, 4) is 0 Å². The molecule has 2 aromatic rings. The Morgan fingerprint density at radius 3 is 2.52 bits per heavy atom. The molecule has 2 aliphatic heterocycles. The molecule has 1 fully saturated rings. The van der Waals surface area contributed by atoms with Gasteiger partial charge in [-0.3, -0.25) is 9.21 Å². The van der Waals surface area contributed by atoms with E-state index in [1.807, 2.05) is 31.2 Å². The van der Waals surface area contributed by atoms with Gasteiger partial charge in [0, 0.05) is 51.2 Å². The minimum absolute atomic E-state index is 0.0966. The number of aromatic nitrogens is 2. The number of piperazine rings is 1. The van der Waals surface area contributed by atoms with Crippen LogP contribution in [0, 0.1) is 0 Å². The van der Waals surface area contributed by atoms with Crippen LogP contribution >= 0.6 is 0 Å². The first kappa shape index (κ1) is 20.1. The van der Waals surface area contributed by atoms with Gasteiger partial charge in [0.1, 0.15) is 0 Å². The van der Waals surface area contributed by atoms with Gasteiger partial charge in [0.05, 0.1) is 18.0 Å². The number of aliphatic hydroxyl groups is 1. The van der Waals surface area contributed by atoms with E-state index in [0.717, 1.165) is 48.9 Å². The number of anilines is 2. The first-order valence-electron chi connectivity index (χ1n) is 9.87. The molecule has 1 N–H and O–H groups in total. The van der Waals surface area contributed by atoms with Crippen LogP contribution in [-0.4, -0.2) is 73.4 Å². The van der Waals surface area contributed by atoms with Crippen LogP contribution < -0.4 is 9.21 Å². The Kier molecular flexibility index (Phi) is 5.46. The quantitative estimate of drug-likeness (QED) is 0.777. The average molecular weight is 418 g/mol. The molecule has 0 bridgehead atoms. The second kappa shape index (κ2) is 7.89. The number of benzene rings is 1. The SMILES string of the molecule is C[C@H]1Cc2cc([C@@H](O)CN3CCN(c4ncccn4)CC3)ccc2N1S(C)(=O)=O. The number of nitrogens with zero attached hydrogens (tertiary/aromatic N) is 5. The minimum Gasteiger partial charge on any atom is -0.387 e. The highest BCUT2D eigenvalue weighted by Crippen LogP contribution is 2.35. The lowest BCUT2D eigenvalue weighted by Crippen LogP contribution is -2.48. The lowest BCUT2D eigenvalue weighted by molar-refractivity contribution is 0.109. The fourth-order valence-corrected chi connectivity index (χ4v) is 5.53. The number of aliphatic hydroxyl groups excluding tert-OH is 1. The molecule has 2 aliphatic rings. The molecule has 0 amide bonds. The summed E-state index contributed by atoms with van der Waals surface area (Å²) in [6, 6.07) is 7.33. The Morgan fingerprint density at radius 1 is 1.17 bits per heavy atom. The van der Waals surface area contributed by atoms with Crippen molar-refractivity contribution in [2.24, 2.45) is 0 Å². The van der Waals surface area contributed by atoms with Gasteiger partial charge in [0.15, 0.2) is 0 Å². The molecular formula is C20H27N5O3S. The summed E-state index contributed by atoms with van der Waals surface area (Å²) >= 11 is 0. The summed E-state index contributed by atoms with van der Waals surface area (Å²) in [6.45, 7) is 5.77. The van der Waals surface area contributed by atoms with Crippen molar-refractivity contribution in [3.05, 3.63) is 47.8 Å². The zero-order valence-corrected chi connectivity index (χ0v) is 17.6. The predicted molar refractivity (Wildman–Crippen MR) is 113 cm³/mol. The molecule has 0 unspecified atom stereocenters. The lowest BCUT2D eigenvalue weighted by atomic mass is 10.0. The number of β-amino-alcohol motifs (C(OH)–C–C–N with tert-alkyl or cyclic N) is 1. The van der Waals surface area contributed by atoms with Gasteiger partial charge < -0.3 is 10.0 Å². The van der Waals surface area contributed by atoms with E-state index in [1.54, 1.807) is 12.4 Å². The highest BCUT2D eigenvalue weighted by molar-refractivity contribution is 7.92. The molecule has 0 aliphatic carbocycles. The van der Waals surface area contributed by atoms with E-state index in [2.05, 4.69) is 19.8 Å². The smallest absolute Gasteiger partial charge is 0.232 e. The topological polar surface area (TPSA) is 89.9 Å². The van der Waals surface area contributed by atoms with Gasteiger partial charge >= 0.3 is 0 Å². The van der Waals surface area contributed by atoms with Crippen LogP contribution in [0.4, 0.5) is 11.6 Å². The standard InChI is InChI=1S/C20H27N5O3S/c1-15-12-17-13-16(4-5-18(17)25(15)29(2,27)28)19(26)14-23-8-10-24(11-9-23)20-21-6-3-7-22-20/h3-7,13,15,19,26H,8-12,14H2,1-2H3/t15-,19-/m0/s1. The normalized spacial score (nSPS) is 21.3. The van der Waals surface area contributed by atoms with Crippen molar-refractivity contribution >= 4 is 21.7 Å². The van der Waals surface area contributed by atoms with E-state index in [1.165, 1.54) is 10.6 Å². The Balaban J connectivity index is 1.39. The summed E-state index contributed by atoms with van der Waals surface area (Å²) < 4.78 is 25.6. The third kappa shape index (κ3) is 4.22. The van der Waals surface area contributed by atoms with E-state index < -0.39 is 16.1 Å². The molecule has 4 rings (SSSR count). The van der Waals surface area contributed by atoms with Gasteiger partial charge in [-0.2, -0.15) is 0 Å². The van der Waals surface area contributed by atoms with Gasteiger partial charge in [0.2, 0.25) is 16.0 Å². The molecule has 1 saturated heterocycles. The molecule has 0 saturated carbocycles. The second-order valence-electron chi connectivity index (χ2n) is 7.85. The maximum Gasteiger partial charge on any atom is 0.232 e. The van der Waals surface area contributed by atoms with Crippen LogP contribution in [0.2, 0.25) is 0 Å². The molecule has 1 aromatic carbocycles. The summed E-state index contributed by atoms with van der Waals surface area (Å²) in [4.78, 5) is 13.0. The molecule has 0 radical (unpaired) electrons. The fraction of sp³-hybridized carbons (Fsp3) is 0.500. The Hall–Kier alpha value is -2.23. The van der Waals surface area contributed by atoms with Crippen LogP contribution in [0.1, 0.15) is 24.2 Å². The summed E-state index contributed by atoms with van der Waals surface area (Å²) in [5, 5.41) is 10.8. The molecule has 8 nitrogen and oxygen atoms in total. The van der Waals surface area contributed by atoms with Gasteiger partial charge in [-0.25, -0.2) is 18.4 Å². The first-order valence-corrected chi connectivity index (χ1v) is 11.7. The van der Waals surface area contributed by atoms with Crippen molar-refractivity contribution in [2.75, 3.05) is 48.2 Å². The van der Waals surface area contributed by atoms with Crippen molar-refractivity contribution < 1.29 is 13.5 Å². The number of fused-ring (bicyclic) bond motifs is 1. The lowest BCUT2D eigenvalue weighted by Gasteiger charge is -2.35. The van der Waals surface area contributed by atoms with E-state index >= 15 is 0 Å². The Bertz CT molecular complexity index is 961. The van der Waals surface area contributed by atoms with Gasteiger partial charge in [-0.15, -0.1) is 0 Å². The number of sulfonamides is 1. The number of rotatable bonds is 5. The Morgan fingerprint density at radius 2 is 1.86 bits per heavy atom. The first-order chi connectivity index (χ1) is 13.8. The third-order valence-electron chi connectivity index (χ3n) is 5.64. The van der Waals surface area contributed by atoms with Crippen molar-refractivity contribution in [1.82, 2.24) is 14.9 Å². The van der Waals surface area contributed by atoms with E-state index in [4.69, 9.17) is 0 Å². The molecule has 0 spiro atoms. The van der Waals surface area contributed by atoms with Gasteiger partial charge in [0.25, 0.3) is 0 Å². The number of hydrogen-bond donors (Lipinski definition) is 1. The maximum absolute atomic E-state index is 12.1. The summed E-state index contributed by atoms with van der Waals surface area (Å²) in [7, 11) is -3.30. The monoisotopic (exact) mass is 417 g/mol. The molecule has 1 aromatic heterocycles. The summed E-state index contributed by atoms with van der Waals surface area (Å²) in [5.41, 5.74) is 2.54. The van der Waals surface area contributed by atoms with Crippen LogP contribution in [-0.2, 0) is 16.4 Å². The van der Waals surface area contributed by atoms with Crippen LogP contribution in [0.15, 0.2) is 36.7 Å². The van der Waals surface area contributed by atoms with Crippen LogP contribution in [0.5, 0.6) is 0 Å². The van der Waals surface area contributed by atoms with Crippen LogP contribution in [0.3, 0.4) is 0 Å². The van der Waals surface area contributed by atoms with Gasteiger partial charge in [-0.05, 0) is 36.6 Å². The predicted octanol–water partition coefficient (Wildman–Crippen LogP) is 1.04. The van der Waals surface area contributed by atoms with Crippen molar-refractivity contribution in [2.45, 2.75) is 25.5 Å². The van der Waals surface area contributed by atoms with E-state index in [-0.39, 0.29) is 6.04 Å². The highest BCUT2D eigenvalue weighted by Gasteiger charge is 2.33. The third-order valence-corrected chi connectivity index (χ3v) is 6.91. The largest absolute Gasteiger partial charge is 0.387 e. The zero-order valence-electron chi connectivity index (χ0n) is 16.8.